The van der Waals surface area contributed by atoms with Gasteiger partial charge in [0.25, 0.3) is 0 Å². The molecule has 7 heteroatoms. The number of thioether (sulfide) groups is 1. The maximum Gasteiger partial charge on any atom is 0.411 e. The molecule has 0 unspecified atom stereocenters. The van der Waals surface area contributed by atoms with Gasteiger partial charge in [-0.1, -0.05) is 23.7 Å². The van der Waals surface area contributed by atoms with E-state index in [2.05, 4.69) is 0 Å². The van der Waals surface area contributed by atoms with Gasteiger partial charge in [0.05, 0.1) is 5.88 Å². The molecule has 5 nitrogen and oxygen atoms in total. The van der Waals surface area contributed by atoms with E-state index >= 15 is 0 Å². The Morgan fingerprint density at radius 3 is 2.75 bits per heavy atom. The van der Waals surface area contributed by atoms with Gasteiger partial charge in [0, 0.05) is 24.4 Å². The van der Waals surface area contributed by atoms with Crippen LogP contribution in [0.1, 0.15) is 26.3 Å². The van der Waals surface area contributed by atoms with Gasteiger partial charge in [-0.2, -0.15) is 0 Å². The first-order valence-corrected chi connectivity index (χ1v) is 9.27. The average molecular weight is 371 g/mol. The van der Waals surface area contributed by atoms with Crippen LogP contribution in [0.25, 0.3) is 0 Å². The van der Waals surface area contributed by atoms with Crippen LogP contribution in [0, 0.1) is 0 Å². The third-order valence-corrected chi connectivity index (χ3v) is 4.73. The van der Waals surface area contributed by atoms with E-state index in [1.807, 2.05) is 39.0 Å². The Morgan fingerprint density at radius 1 is 1.42 bits per heavy atom. The summed E-state index contributed by atoms with van der Waals surface area (Å²) in [6, 6.07) is 6.92. The first-order chi connectivity index (χ1) is 11.2. The van der Waals surface area contributed by atoms with E-state index in [0.29, 0.717) is 23.2 Å². The molecule has 0 spiro atoms. The number of hydrogen-bond donors (Lipinski definition) is 0. The number of amides is 2. The first-order valence-electron chi connectivity index (χ1n) is 7.74. The molecule has 1 aliphatic heterocycles. The summed E-state index contributed by atoms with van der Waals surface area (Å²) >= 11 is 7.54. The van der Waals surface area contributed by atoms with Crippen LogP contribution in [0.5, 0.6) is 0 Å². The van der Waals surface area contributed by atoms with Gasteiger partial charge in [-0.15, -0.1) is 11.8 Å². The Morgan fingerprint density at radius 2 is 2.12 bits per heavy atom. The number of halogens is 1. The lowest BCUT2D eigenvalue weighted by Crippen LogP contribution is -2.49. The number of carbonyl (C=O) groups excluding carboxylic acids is 2. The van der Waals surface area contributed by atoms with Gasteiger partial charge in [-0.05, 0) is 38.5 Å². The number of ether oxygens (including phenoxy) is 1. The largest absolute Gasteiger partial charge is 0.444 e. The number of likely N-dealkylation sites (N-methyl/N-ethyl adjacent to an activating group) is 1. The Kier molecular flexibility index (Phi) is 6.04. The lowest BCUT2D eigenvalue weighted by molar-refractivity contribution is -0.134. The highest BCUT2D eigenvalue weighted by atomic mass is 35.5. The number of rotatable bonds is 3. The lowest BCUT2D eigenvalue weighted by Gasteiger charge is -2.29. The molecule has 1 aromatic rings. The topological polar surface area (TPSA) is 49.9 Å². The van der Waals surface area contributed by atoms with Crippen molar-refractivity contribution in [2.24, 2.45) is 0 Å². The molecule has 1 aromatic carbocycles. The van der Waals surface area contributed by atoms with Crippen molar-refractivity contribution in [2.75, 3.05) is 18.7 Å². The van der Waals surface area contributed by atoms with Crippen molar-refractivity contribution in [2.45, 2.75) is 39.0 Å². The molecule has 132 valence electrons. The van der Waals surface area contributed by atoms with Crippen molar-refractivity contribution < 1.29 is 14.3 Å². The number of hydrogen-bond acceptors (Lipinski definition) is 4. The zero-order chi connectivity index (χ0) is 17.9. The molecule has 0 aliphatic carbocycles. The molecule has 0 radical (unpaired) electrons. The van der Waals surface area contributed by atoms with Crippen LogP contribution < -0.4 is 0 Å². The van der Waals surface area contributed by atoms with Crippen LogP contribution in [-0.4, -0.2) is 52.1 Å². The number of nitrogens with zero attached hydrogens (tertiary/aromatic N) is 2. The van der Waals surface area contributed by atoms with Crippen LogP contribution in [0.15, 0.2) is 24.3 Å². The third kappa shape index (κ3) is 5.05. The quantitative estimate of drug-likeness (QED) is 0.815. The molecule has 24 heavy (non-hydrogen) atoms. The van der Waals surface area contributed by atoms with E-state index in [9.17, 15) is 9.59 Å². The fraction of sp³-hybridized carbons (Fsp3) is 0.529. The van der Waals surface area contributed by atoms with E-state index in [1.54, 1.807) is 29.8 Å². The summed E-state index contributed by atoms with van der Waals surface area (Å²) in [5.41, 5.74) is 0.373. The van der Waals surface area contributed by atoms with E-state index in [1.165, 1.54) is 4.90 Å². The van der Waals surface area contributed by atoms with Crippen molar-refractivity contribution in [3.63, 3.8) is 0 Å². The molecule has 2 rings (SSSR count). The van der Waals surface area contributed by atoms with Gasteiger partial charge < -0.3 is 9.64 Å². The maximum atomic E-state index is 12.7. The molecule has 0 aromatic heterocycles. The van der Waals surface area contributed by atoms with Crippen LogP contribution in [0.4, 0.5) is 4.79 Å². The molecule has 2 amide bonds. The summed E-state index contributed by atoms with van der Waals surface area (Å²) in [6.45, 7) is 5.89. The minimum atomic E-state index is -0.579. The third-order valence-electron chi connectivity index (χ3n) is 3.48. The normalized spacial score (nSPS) is 17.7. The predicted octanol–water partition coefficient (Wildman–Crippen LogP) is 3.61. The molecular formula is C17H23ClN2O3S. The summed E-state index contributed by atoms with van der Waals surface area (Å²) in [5, 5.41) is 0.639. The first kappa shape index (κ1) is 18.9. The average Bonchev–Trinajstić information content (AvgIpc) is 2.94. The van der Waals surface area contributed by atoms with Gasteiger partial charge in [0.15, 0.2) is 0 Å². The van der Waals surface area contributed by atoms with Crippen molar-refractivity contribution in [3.8, 4) is 0 Å². The SMILES string of the molecule is CN(Cc1cccc(Cl)c1)C(=O)[C@@H]1CSCN1C(=O)OC(C)(C)C. The van der Waals surface area contributed by atoms with Crippen molar-refractivity contribution in [1.82, 2.24) is 9.80 Å². The summed E-state index contributed by atoms with van der Waals surface area (Å²) in [4.78, 5) is 28.2. The molecule has 0 bridgehead atoms. The van der Waals surface area contributed by atoms with Crippen LogP contribution >= 0.6 is 23.4 Å². The van der Waals surface area contributed by atoms with Crippen LogP contribution in [-0.2, 0) is 16.1 Å². The van der Waals surface area contributed by atoms with Crippen molar-refractivity contribution in [3.05, 3.63) is 34.9 Å². The summed E-state index contributed by atoms with van der Waals surface area (Å²) in [5.74, 6) is 0.958. The fourth-order valence-electron chi connectivity index (χ4n) is 2.39. The van der Waals surface area contributed by atoms with Gasteiger partial charge in [-0.3, -0.25) is 9.69 Å². The van der Waals surface area contributed by atoms with Crippen molar-refractivity contribution >= 4 is 35.4 Å². The van der Waals surface area contributed by atoms with E-state index in [-0.39, 0.29) is 5.91 Å². The number of benzene rings is 1. The molecule has 0 saturated carbocycles. The van der Waals surface area contributed by atoms with Crippen molar-refractivity contribution in [1.29, 1.82) is 0 Å². The zero-order valence-electron chi connectivity index (χ0n) is 14.4. The fourth-order valence-corrected chi connectivity index (χ4v) is 3.74. The van der Waals surface area contributed by atoms with Gasteiger partial charge >= 0.3 is 6.09 Å². The smallest absolute Gasteiger partial charge is 0.411 e. The second kappa shape index (κ2) is 7.66. The van der Waals surface area contributed by atoms with Gasteiger partial charge in [-0.25, -0.2) is 4.79 Å². The molecule has 1 aliphatic rings. The maximum absolute atomic E-state index is 12.7. The standard InChI is InChI=1S/C17H23ClN2O3S/c1-17(2,3)23-16(22)20-11-24-10-14(20)15(21)19(4)9-12-6-5-7-13(18)8-12/h5-8,14H,9-11H2,1-4H3/t14-/m0/s1. The highest BCUT2D eigenvalue weighted by Gasteiger charge is 2.38. The molecule has 1 fully saturated rings. The molecule has 1 saturated heterocycles. The number of carbonyl (C=O) groups is 2. The van der Waals surface area contributed by atoms with Gasteiger partial charge in [0.1, 0.15) is 11.6 Å². The van der Waals surface area contributed by atoms with E-state index in [0.717, 1.165) is 5.56 Å². The second-order valence-corrected chi connectivity index (χ2v) is 8.23. The molecule has 1 atom stereocenters. The Hall–Kier alpha value is -1.40. The summed E-state index contributed by atoms with van der Waals surface area (Å²) < 4.78 is 5.40. The molecule has 1 heterocycles. The minimum absolute atomic E-state index is 0.0918. The highest BCUT2D eigenvalue weighted by molar-refractivity contribution is 7.99. The Labute approximate surface area is 152 Å². The minimum Gasteiger partial charge on any atom is -0.444 e. The molecule has 0 N–H and O–H groups in total. The monoisotopic (exact) mass is 370 g/mol. The predicted molar refractivity (Wildman–Crippen MR) is 97.1 cm³/mol. The van der Waals surface area contributed by atoms with E-state index in [4.69, 9.17) is 16.3 Å². The van der Waals surface area contributed by atoms with E-state index < -0.39 is 17.7 Å². The zero-order valence-corrected chi connectivity index (χ0v) is 16.0. The lowest BCUT2D eigenvalue weighted by atomic mass is 10.2. The Bertz CT molecular complexity index is 618. The van der Waals surface area contributed by atoms with Gasteiger partial charge in [0.2, 0.25) is 5.91 Å². The molecular weight excluding hydrogens is 348 g/mol. The van der Waals surface area contributed by atoms with Crippen LogP contribution in [0.2, 0.25) is 5.02 Å². The highest BCUT2D eigenvalue weighted by Crippen LogP contribution is 2.25. The van der Waals surface area contributed by atoms with Crippen LogP contribution in [0.3, 0.4) is 0 Å². The summed E-state index contributed by atoms with van der Waals surface area (Å²) in [6.07, 6.45) is -0.443. The Balaban J connectivity index is 2.03. The second-order valence-electron chi connectivity index (χ2n) is 6.79. The summed E-state index contributed by atoms with van der Waals surface area (Å²) in [7, 11) is 1.74.